The Balaban J connectivity index is 3.29. The highest BCUT2D eigenvalue weighted by atomic mass is 79.9. The molecule has 0 fully saturated rings. The van der Waals surface area contributed by atoms with E-state index in [0.717, 1.165) is 0 Å². The van der Waals surface area contributed by atoms with Gasteiger partial charge in [-0.15, -0.1) is 0 Å². The third-order valence-corrected chi connectivity index (χ3v) is 2.32. The smallest absolute Gasteiger partial charge is 0.262 e. The Labute approximate surface area is 98.5 Å². The summed E-state index contributed by atoms with van der Waals surface area (Å²) < 4.78 is 72.3. The van der Waals surface area contributed by atoms with Crippen LogP contribution in [0.2, 0.25) is 0 Å². The normalized spacial score (nSPS) is 29.5. The number of alkyl halides is 8. The molecular weight excluding hydrogens is 329 g/mol. The molecule has 0 aromatic carbocycles. The van der Waals surface area contributed by atoms with Crippen molar-refractivity contribution >= 4 is 40.0 Å². The van der Waals surface area contributed by atoms with E-state index in [2.05, 4.69) is 25.9 Å². The predicted molar refractivity (Wildman–Crippen MR) is 49.3 cm³/mol. The largest absolute Gasteiger partial charge is 0.427 e. The number of rotatable bonds is 0. The molecular formula is C6H2BrClF6N2. The Bertz CT molecular complexity index is 312. The summed E-state index contributed by atoms with van der Waals surface area (Å²) in [7, 11) is 0. The van der Waals surface area contributed by atoms with E-state index in [4.69, 9.17) is 11.6 Å². The fraction of sp³-hybridized carbons (Fsp3) is 0.667. The first kappa shape index (κ1) is 13.8. The van der Waals surface area contributed by atoms with Gasteiger partial charge < -0.3 is 0 Å². The molecule has 0 saturated carbocycles. The van der Waals surface area contributed by atoms with Crippen molar-refractivity contribution in [2.75, 3.05) is 0 Å². The molecule has 1 heterocycles. The molecule has 1 atom stereocenters. The van der Waals surface area contributed by atoms with Crippen LogP contribution in [0.25, 0.3) is 0 Å². The van der Waals surface area contributed by atoms with Gasteiger partial charge >= 0.3 is 12.4 Å². The monoisotopic (exact) mass is 330 g/mol. The van der Waals surface area contributed by atoms with Crippen LogP contribution >= 0.6 is 27.5 Å². The van der Waals surface area contributed by atoms with Crippen LogP contribution in [-0.4, -0.2) is 34.2 Å². The van der Waals surface area contributed by atoms with Crippen molar-refractivity contribution in [3.05, 3.63) is 0 Å². The zero-order valence-electron chi connectivity index (χ0n) is 7.07. The molecule has 2 nitrogen and oxygen atoms in total. The summed E-state index contributed by atoms with van der Waals surface area (Å²) in [5, 5.41) is 0. The van der Waals surface area contributed by atoms with E-state index >= 15 is 0 Å². The molecule has 16 heavy (non-hydrogen) atoms. The van der Waals surface area contributed by atoms with E-state index in [1.165, 1.54) is 0 Å². The molecule has 1 aliphatic heterocycles. The van der Waals surface area contributed by atoms with Crippen LogP contribution in [0.3, 0.4) is 0 Å². The zero-order chi connectivity index (χ0) is 12.8. The third-order valence-electron chi connectivity index (χ3n) is 1.71. The lowest BCUT2D eigenvalue weighted by Gasteiger charge is -2.33. The summed E-state index contributed by atoms with van der Waals surface area (Å²) >= 11 is 7.90. The molecule has 10 heteroatoms. The molecule has 0 amide bonds. The van der Waals surface area contributed by atoms with Crippen LogP contribution in [0.5, 0.6) is 0 Å². The maximum absolute atomic E-state index is 12.4. The van der Waals surface area contributed by atoms with Gasteiger partial charge in [0.15, 0.2) is 0 Å². The molecule has 0 aromatic rings. The van der Waals surface area contributed by atoms with Crippen molar-refractivity contribution in [3.8, 4) is 0 Å². The number of hydrogen-bond acceptors (Lipinski definition) is 2. The van der Waals surface area contributed by atoms with Crippen molar-refractivity contribution in [3.63, 3.8) is 0 Å². The highest BCUT2D eigenvalue weighted by molar-refractivity contribution is 9.10. The Morgan fingerprint density at radius 3 is 1.62 bits per heavy atom. The van der Waals surface area contributed by atoms with Crippen molar-refractivity contribution < 1.29 is 26.3 Å². The average molecular weight is 331 g/mol. The molecule has 0 saturated heterocycles. The lowest BCUT2D eigenvalue weighted by Crippen LogP contribution is -2.58. The molecule has 0 aliphatic carbocycles. The second-order valence-electron chi connectivity index (χ2n) is 2.87. The molecule has 1 unspecified atom stereocenters. The van der Waals surface area contributed by atoms with Crippen LogP contribution in [0.1, 0.15) is 0 Å². The summed E-state index contributed by atoms with van der Waals surface area (Å²) in [6, 6.07) is 0. The van der Waals surface area contributed by atoms with Crippen LogP contribution in [0.4, 0.5) is 26.3 Å². The molecule has 1 aliphatic rings. The Morgan fingerprint density at radius 2 is 1.38 bits per heavy atom. The standard InChI is InChI=1S/C6H2BrClF6N2/c7-4(8)2-15-3(1-16-4,5(9,10)11)6(12,13)14/h1-2H. The van der Waals surface area contributed by atoms with Gasteiger partial charge in [0.1, 0.15) is 0 Å². The number of halogens is 8. The van der Waals surface area contributed by atoms with Gasteiger partial charge in [0.25, 0.3) is 5.54 Å². The van der Waals surface area contributed by atoms with Gasteiger partial charge in [-0.3, -0.25) is 9.98 Å². The maximum Gasteiger partial charge on any atom is 0.427 e. The van der Waals surface area contributed by atoms with Crippen molar-refractivity contribution in [2.45, 2.75) is 21.8 Å². The predicted octanol–water partition coefficient (Wildman–Crippen LogP) is 3.29. The summed E-state index contributed by atoms with van der Waals surface area (Å²) in [4.78, 5) is 5.37. The molecule has 0 radical (unpaired) electrons. The highest BCUT2D eigenvalue weighted by Crippen LogP contribution is 2.47. The SMILES string of the molecule is FC(F)(F)C1(C(F)(F)F)C=NC(Cl)(Br)C=N1. The fourth-order valence-electron chi connectivity index (χ4n) is 0.879. The highest BCUT2D eigenvalue weighted by Gasteiger charge is 2.71. The first-order valence-electron chi connectivity index (χ1n) is 3.55. The molecule has 0 bridgehead atoms. The Morgan fingerprint density at radius 1 is 0.938 bits per heavy atom. The van der Waals surface area contributed by atoms with E-state index in [1.54, 1.807) is 0 Å². The maximum atomic E-state index is 12.4. The van der Waals surface area contributed by atoms with Crippen molar-refractivity contribution in [2.24, 2.45) is 9.98 Å². The Kier molecular flexibility index (Phi) is 3.09. The molecule has 0 N–H and O–H groups in total. The van der Waals surface area contributed by atoms with Gasteiger partial charge in [-0.1, -0.05) is 11.6 Å². The van der Waals surface area contributed by atoms with E-state index < -0.39 is 21.8 Å². The molecule has 1 rings (SSSR count). The van der Waals surface area contributed by atoms with Gasteiger partial charge in [0.2, 0.25) is 3.91 Å². The minimum absolute atomic E-state index is 0.246. The second kappa shape index (κ2) is 3.59. The summed E-state index contributed by atoms with van der Waals surface area (Å²) in [6.07, 6.45) is -11.4. The molecule has 0 aromatic heterocycles. The first-order chi connectivity index (χ1) is 6.91. The lowest BCUT2D eigenvalue weighted by molar-refractivity contribution is -0.269. The third kappa shape index (κ3) is 2.20. The average Bonchev–Trinajstić information content (AvgIpc) is 1.98. The van der Waals surface area contributed by atoms with Crippen LogP contribution in [0, 0.1) is 0 Å². The lowest BCUT2D eigenvalue weighted by atomic mass is 10.00. The van der Waals surface area contributed by atoms with Crippen molar-refractivity contribution in [1.82, 2.24) is 0 Å². The number of aliphatic imine (C=N–C) groups is 2. The summed E-state index contributed by atoms with van der Waals surface area (Å²) in [5.74, 6) is 0. The van der Waals surface area contributed by atoms with E-state index in [9.17, 15) is 26.3 Å². The van der Waals surface area contributed by atoms with Gasteiger partial charge in [-0.05, 0) is 15.9 Å². The number of hydrogen-bond donors (Lipinski definition) is 0. The minimum atomic E-state index is -5.63. The Hall–Kier alpha value is -0.310. The van der Waals surface area contributed by atoms with Gasteiger partial charge in [-0.2, -0.15) is 26.3 Å². The van der Waals surface area contributed by atoms with Crippen LogP contribution in [-0.2, 0) is 0 Å². The van der Waals surface area contributed by atoms with E-state index in [1.807, 2.05) is 0 Å². The van der Waals surface area contributed by atoms with Gasteiger partial charge in [0, 0.05) is 6.21 Å². The first-order valence-corrected chi connectivity index (χ1v) is 4.72. The second-order valence-corrected chi connectivity index (χ2v) is 5.11. The molecule has 0 spiro atoms. The minimum Gasteiger partial charge on any atom is -0.262 e. The van der Waals surface area contributed by atoms with Gasteiger partial charge in [0.05, 0.1) is 6.21 Å². The van der Waals surface area contributed by atoms with Gasteiger partial charge in [-0.25, -0.2) is 0 Å². The van der Waals surface area contributed by atoms with E-state index in [0.29, 0.717) is 0 Å². The zero-order valence-corrected chi connectivity index (χ0v) is 9.41. The van der Waals surface area contributed by atoms with E-state index in [-0.39, 0.29) is 12.4 Å². The quantitative estimate of drug-likeness (QED) is 0.370. The molecule has 92 valence electrons. The van der Waals surface area contributed by atoms with Crippen molar-refractivity contribution in [1.29, 1.82) is 0 Å². The van der Waals surface area contributed by atoms with Crippen LogP contribution < -0.4 is 0 Å². The summed E-state index contributed by atoms with van der Waals surface area (Å²) in [6.45, 7) is 0. The number of nitrogens with zero attached hydrogens (tertiary/aromatic N) is 2. The summed E-state index contributed by atoms with van der Waals surface area (Å²) in [5.41, 5.74) is -4.33. The fourth-order valence-corrected chi connectivity index (χ4v) is 1.18. The van der Waals surface area contributed by atoms with Crippen LogP contribution in [0.15, 0.2) is 9.98 Å². The topological polar surface area (TPSA) is 24.7 Å².